The summed E-state index contributed by atoms with van der Waals surface area (Å²) in [4.78, 5) is 27.0. The van der Waals surface area contributed by atoms with Crippen molar-refractivity contribution in [2.45, 2.75) is 31.1 Å². The number of carbonyl (C=O) groups excluding carboxylic acids is 2. The number of carbonyl (C=O) groups is 2. The summed E-state index contributed by atoms with van der Waals surface area (Å²) in [5, 5.41) is 3.10. The monoisotopic (exact) mass is 309 g/mol. The van der Waals surface area contributed by atoms with Crippen molar-refractivity contribution in [3.63, 3.8) is 0 Å². The molecule has 1 aliphatic heterocycles. The quantitative estimate of drug-likeness (QED) is 0.866. The third-order valence-corrected chi connectivity index (χ3v) is 4.49. The molecule has 1 aromatic rings. The molecule has 5 nitrogen and oxygen atoms in total. The van der Waals surface area contributed by atoms with Crippen LogP contribution in [-0.4, -0.2) is 21.7 Å². The van der Waals surface area contributed by atoms with Crippen molar-refractivity contribution >= 4 is 28.7 Å². The Hall–Kier alpha value is -1.89. The van der Waals surface area contributed by atoms with Crippen molar-refractivity contribution < 1.29 is 14.0 Å². The van der Waals surface area contributed by atoms with Crippen LogP contribution in [-0.2, 0) is 16.1 Å². The van der Waals surface area contributed by atoms with Crippen molar-refractivity contribution in [3.05, 3.63) is 35.6 Å². The average Bonchev–Trinajstić information content (AvgIpc) is 2.72. The Labute approximate surface area is 126 Å². The minimum absolute atomic E-state index is 0.136. The second-order valence-corrected chi connectivity index (χ2v) is 6.46. The highest BCUT2D eigenvalue weighted by atomic mass is 32.2. The highest BCUT2D eigenvalue weighted by Gasteiger charge is 2.42. The molecular formula is C14H16FN3O2S. The van der Waals surface area contributed by atoms with Gasteiger partial charge in [0.25, 0.3) is 0 Å². The Morgan fingerprint density at radius 1 is 1.48 bits per heavy atom. The summed E-state index contributed by atoms with van der Waals surface area (Å²) in [7, 11) is 0. The van der Waals surface area contributed by atoms with E-state index in [0.717, 1.165) is 0 Å². The zero-order chi connectivity index (χ0) is 15.5. The fourth-order valence-electron chi connectivity index (χ4n) is 1.90. The second-order valence-electron chi connectivity index (χ2n) is 4.97. The third-order valence-electron chi connectivity index (χ3n) is 3.22. The van der Waals surface area contributed by atoms with Gasteiger partial charge in [-0.15, -0.1) is 0 Å². The standard InChI is InChI=1S/C14H16FN3O2S/c1-14(7-6-11(16)19)12(20)18-13(21-14)17-8-9-4-2-3-5-10(9)15/h2-5H,6-8H2,1H3,(H2,16,19)(H,17,18,20). The molecule has 3 N–H and O–H groups in total. The molecule has 0 spiro atoms. The normalized spacial score (nSPS) is 23.3. The lowest BCUT2D eigenvalue weighted by Gasteiger charge is -2.16. The van der Waals surface area contributed by atoms with E-state index in [1.165, 1.54) is 17.8 Å². The zero-order valence-corrected chi connectivity index (χ0v) is 12.4. The predicted molar refractivity (Wildman–Crippen MR) is 80.1 cm³/mol. The number of thioether (sulfide) groups is 1. The van der Waals surface area contributed by atoms with E-state index in [0.29, 0.717) is 17.2 Å². The number of amides is 2. The number of hydrogen-bond acceptors (Lipinski definition) is 4. The van der Waals surface area contributed by atoms with Crippen LogP contribution in [0.5, 0.6) is 0 Å². The van der Waals surface area contributed by atoms with Gasteiger partial charge in [0.1, 0.15) is 10.6 Å². The van der Waals surface area contributed by atoms with Gasteiger partial charge in [0.15, 0.2) is 5.17 Å². The summed E-state index contributed by atoms with van der Waals surface area (Å²) in [6.45, 7) is 1.89. The molecule has 1 saturated heterocycles. The first-order valence-corrected chi connectivity index (χ1v) is 7.29. The highest BCUT2D eigenvalue weighted by Crippen LogP contribution is 2.35. The largest absolute Gasteiger partial charge is 0.370 e. The smallest absolute Gasteiger partial charge is 0.242 e. The van der Waals surface area contributed by atoms with Gasteiger partial charge in [0.2, 0.25) is 11.8 Å². The van der Waals surface area contributed by atoms with Crippen molar-refractivity contribution in [1.82, 2.24) is 5.32 Å². The maximum atomic E-state index is 13.5. The van der Waals surface area contributed by atoms with Gasteiger partial charge in [0.05, 0.1) is 6.54 Å². The highest BCUT2D eigenvalue weighted by molar-refractivity contribution is 8.16. The summed E-state index contributed by atoms with van der Waals surface area (Å²) >= 11 is 1.25. The molecule has 1 atom stereocenters. The number of amidine groups is 1. The Morgan fingerprint density at radius 3 is 2.86 bits per heavy atom. The molecule has 21 heavy (non-hydrogen) atoms. The number of nitrogens with one attached hydrogen (secondary N) is 1. The number of hydrogen-bond donors (Lipinski definition) is 2. The Kier molecular flexibility index (Phi) is 4.62. The molecule has 0 bridgehead atoms. The predicted octanol–water partition coefficient (Wildman–Crippen LogP) is 1.57. The van der Waals surface area contributed by atoms with Crippen LogP contribution in [0, 0.1) is 5.82 Å². The van der Waals surface area contributed by atoms with E-state index in [2.05, 4.69) is 10.3 Å². The van der Waals surface area contributed by atoms with Crippen molar-refractivity contribution in [1.29, 1.82) is 0 Å². The number of aliphatic imine (C=N–C) groups is 1. The Morgan fingerprint density at radius 2 is 2.19 bits per heavy atom. The van der Waals surface area contributed by atoms with Gasteiger partial charge in [-0.1, -0.05) is 30.0 Å². The number of primary amides is 1. The SMILES string of the molecule is CC1(CCC(N)=O)SC(=NCc2ccccc2F)NC1=O. The summed E-state index contributed by atoms with van der Waals surface area (Å²) in [5.41, 5.74) is 5.57. The third kappa shape index (κ3) is 3.81. The zero-order valence-electron chi connectivity index (χ0n) is 11.6. The number of halogens is 1. The second kappa shape index (κ2) is 6.26. The molecule has 2 amide bonds. The van der Waals surface area contributed by atoms with Gasteiger partial charge < -0.3 is 11.1 Å². The van der Waals surface area contributed by atoms with Gasteiger partial charge in [-0.05, 0) is 19.4 Å². The summed E-state index contributed by atoms with van der Waals surface area (Å²) in [6.07, 6.45) is 0.481. The molecule has 0 aliphatic carbocycles. The molecular weight excluding hydrogens is 293 g/mol. The van der Waals surface area contributed by atoms with Crippen LogP contribution in [0.25, 0.3) is 0 Å². The van der Waals surface area contributed by atoms with Crippen LogP contribution < -0.4 is 11.1 Å². The molecule has 0 saturated carbocycles. The lowest BCUT2D eigenvalue weighted by molar-refractivity contribution is -0.121. The molecule has 1 aliphatic rings. The maximum absolute atomic E-state index is 13.5. The first kappa shape index (κ1) is 15.5. The number of nitrogens with zero attached hydrogens (tertiary/aromatic N) is 1. The van der Waals surface area contributed by atoms with Gasteiger partial charge in [-0.2, -0.15) is 0 Å². The molecule has 1 heterocycles. The Bertz CT molecular complexity index is 606. The molecule has 2 rings (SSSR count). The summed E-state index contributed by atoms with van der Waals surface area (Å²) in [6, 6.07) is 6.36. The van der Waals surface area contributed by atoms with Crippen LogP contribution in [0.2, 0.25) is 0 Å². The van der Waals surface area contributed by atoms with E-state index in [4.69, 9.17) is 5.73 Å². The van der Waals surface area contributed by atoms with Crippen molar-refractivity contribution in [2.24, 2.45) is 10.7 Å². The molecule has 1 unspecified atom stereocenters. The first-order chi connectivity index (χ1) is 9.90. The maximum Gasteiger partial charge on any atom is 0.242 e. The molecule has 0 radical (unpaired) electrons. The fourth-order valence-corrected chi connectivity index (χ4v) is 2.94. The molecule has 7 heteroatoms. The first-order valence-electron chi connectivity index (χ1n) is 6.47. The number of nitrogens with two attached hydrogens (primary N) is 1. The van der Waals surface area contributed by atoms with Crippen LogP contribution in [0.3, 0.4) is 0 Å². The van der Waals surface area contributed by atoms with Crippen LogP contribution in [0.15, 0.2) is 29.3 Å². The molecule has 1 fully saturated rings. The number of rotatable bonds is 5. The van der Waals surface area contributed by atoms with E-state index in [1.807, 2.05) is 0 Å². The summed E-state index contributed by atoms with van der Waals surface area (Å²) < 4.78 is 12.7. The molecule has 0 aromatic heterocycles. The minimum Gasteiger partial charge on any atom is -0.370 e. The van der Waals surface area contributed by atoms with Gasteiger partial charge >= 0.3 is 0 Å². The number of benzene rings is 1. The van der Waals surface area contributed by atoms with Crippen LogP contribution in [0.1, 0.15) is 25.3 Å². The topological polar surface area (TPSA) is 84.6 Å². The van der Waals surface area contributed by atoms with Gasteiger partial charge in [-0.3, -0.25) is 14.6 Å². The lowest BCUT2D eigenvalue weighted by Crippen LogP contribution is -2.34. The van der Waals surface area contributed by atoms with Gasteiger partial charge in [0, 0.05) is 12.0 Å². The fraction of sp³-hybridized carbons (Fsp3) is 0.357. The lowest BCUT2D eigenvalue weighted by atomic mass is 10.0. The van der Waals surface area contributed by atoms with E-state index >= 15 is 0 Å². The summed E-state index contributed by atoms with van der Waals surface area (Å²) in [5.74, 6) is -0.977. The van der Waals surface area contributed by atoms with Crippen LogP contribution >= 0.6 is 11.8 Å². The van der Waals surface area contributed by atoms with E-state index in [-0.39, 0.29) is 24.7 Å². The molecule has 112 valence electrons. The van der Waals surface area contributed by atoms with E-state index in [9.17, 15) is 14.0 Å². The van der Waals surface area contributed by atoms with Crippen molar-refractivity contribution in [2.75, 3.05) is 0 Å². The van der Waals surface area contributed by atoms with E-state index in [1.54, 1.807) is 25.1 Å². The minimum atomic E-state index is -0.761. The Balaban J connectivity index is 2.03. The van der Waals surface area contributed by atoms with E-state index < -0.39 is 10.7 Å². The van der Waals surface area contributed by atoms with Crippen molar-refractivity contribution in [3.8, 4) is 0 Å². The molecule has 1 aromatic carbocycles. The van der Waals surface area contributed by atoms with Crippen LogP contribution in [0.4, 0.5) is 4.39 Å². The van der Waals surface area contributed by atoms with Gasteiger partial charge in [-0.25, -0.2) is 4.39 Å². The average molecular weight is 309 g/mol.